The maximum absolute atomic E-state index is 10.5. The third-order valence-corrected chi connectivity index (χ3v) is 1.02. The van der Waals surface area contributed by atoms with Gasteiger partial charge in [-0.2, -0.15) is 0 Å². The van der Waals surface area contributed by atoms with Crippen molar-refractivity contribution in [1.29, 1.82) is 0 Å². The molecule has 0 radical (unpaired) electrons. The van der Waals surface area contributed by atoms with Gasteiger partial charge < -0.3 is 9.47 Å². The number of ether oxygens (including phenoxy) is 2. The summed E-state index contributed by atoms with van der Waals surface area (Å²) in [6, 6.07) is 0.0686. The Labute approximate surface area is 66.0 Å². The molecular formula is C6H14N2O3. The molecule has 0 aromatic rings. The lowest BCUT2D eigenvalue weighted by Gasteiger charge is -2.12. The Morgan fingerprint density at radius 1 is 1.55 bits per heavy atom. The van der Waals surface area contributed by atoms with Gasteiger partial charge in [0.05, 0.1) is 13.7 Å². The molecule has 0 aromatic heterocycles. The Bertz CT molecular complexity index is 118. The fraction of sp³-hybridized carbons (Fsp3) is 0.833. The van der Waals surface area contributed by atoms with Crippen LogP contribution in [-0.4, -0.2) is 33.0 Å². The Morgan fingerprint density at radius 3 is 2.64 bits per heavy atom. The Balaban J connectivity index is 3.29. The first-order valence-corrected chi connectivity index (χ1v) is 3.29. The van der Waals surface area contributed by atoms with Crippen molar-refractivity contribution in [3.8, 4) is 0 Å². The standard InChI is InChI=1S/C6H14N2O3/c1-5(4-10-2)7-8-6(9)11-3/h5,7H,4H2,1-3H3,(H,8,9). The van der Waals surface area contributed by atoms with Crippen molar-refractivity contribution < 1.29 is 14.3 Å². The van der Waals surface area contributed by atoms with E-state index in [4.69, 9.17) is 4.74 Å². The van der Waals surface area contributed by atoms with Crippen molar-refractivity contribution in [2.24, 2.45) is 0 Å². The number of carbonyl (C=O) groups excluding carboxylic acids is 1. The molecule has 0 aliphatic carbocycles. The second kappa shape index (κ2) is 5.94. The van der Waals surface area contributed by atoms with Crippen LogP contribution in [-0.2, 0) is 9.47 Å². The number of amides is 1. The highest BCUT2D eigenvalue weighted by molar-refractivity contribution is 5.66. The first-order chi connectivity index (χ1) is 5.20. The predicted octanol–water partition coefficient (Wildman–Crippen LogP) is -0.118. The minimum Gasteiger partial charge on any atom is -0.452 e. The summed E-state index contributed by atoms with van der Waals surface area (Å²) >= 11 is 0. The van der Waals surface area contributed by atoms with Crippen LogP contribution in [0.25, 0.3) is 0 Å². The van der Waals surface area contributed by atoms with E-state index in [9.17, 15) is 4.79 Å². The number of hydrogen-bond acceptors (Lipinski definition) is 4. The fourth-order valence-corrected chi connectivity index (χ4v) is 0.525. The molecule has 0 heterocycles. The van der Waals surface area contributed by atoms with Crippen LogP contribution in [0.15, 0.2) is 0 Å². The Hall–Kier alpha value is -0.810. The van der Waals surface area contributed by atoms with E-state index in [-0.39, 0.29) is 6.04 Å². The summed E-state index contributed by atoms with van der Waals surface area (Å²) in [4.78, 5) is 10.5. The summed E-state index contributed by atoms with van der Waals surface area (Å²) < 4.78 is 9.14. The summed E-state index contributed by atoms with van der Waals surface area (Å²) in [5, 5.41) is 0. The lowest BCUT2D eigenvalue weighted by Crippen LogP contribution is -2.44. The topological polar surface area (TPSA) is 59.6 Å². The monoisotopic (exact) mass is 162 g/mol. The first kappa shape index (κ1) is 10.2. The molecule has 66 valence electrons. The van der Waals surface area contributed by atoms with Gasteiger partial charge >= 0.3 is 6.09 Å². The summed E-state index contributed by atoms with van der Waals surface area (Å²) in [7, 11) is 2.90. The molecule has 5 nitrogen and oxygen atoms in total. The van der Waals surface area contributed by atoms with Gasteiger partial charge in [-0.05, 0) is 6.92 Å². The van der Waals surface area contributed by atoms with Crippen molar-refractivity contribution in [3.63, 3.8) is 0 Å². The number of hydrogen-bond donors (Lipinski definition) is 2. The van der Waals surface area contributed by atoms with Crippen LogP contribution in [0.2, 0.25) is 0 Å². The molecule has 0 aliphatic heterocycles. The van der Waals surface area contributed by atoms with Gasteiger partial charge in [0.1, 0.15) is 0 Å². The van der Waals surface area contributed by atoms with E-state index in [0.717, 1.165) is 0 Å². The van der Waals surface area contributed by atoms with Crippen LogP contribution in [0.3, 0.4) is 0 Å². The Kier molecular flexibility index (Phi) is 5.50. The molecular weight excluding hydrogens is 148 g/mol. The maximum atomic E-state index is 10.5. The van der Waals surface area contributed by atoms with E-state index in [2.05, 4.69) is 15.6 Å². The smallest absolute Gasteiger partial charge is 0.421 e. The molecule has 11 heavy (non-hydrogen) atoms. The van der Waals surface area contributed by atoms with Crippen LogP contribution in [0, 0.1) is 0 Å². The van der Waals surface area contributed by atoms with E-state index in [1.165, 1.54) is 7.11 Å². The van der Waals surface area contributed by atoms with Gasteiger partial charge in [0.2, 0.25) is 0 Å². The number of carbonyl (C=O) groups is 1. The summed E-state index contributed by atoms with van der Waals surface area (Å²) in [6.07, 6.45) is -0.507. The quantitative estimate of drug-likeness (QED) is 0.566. The Morgan fingerprint density at radius 2 is 2.18 bits per heavy atom. The minimum atomic E-state index is -0.507. The van der Waals surface area contributed by atoms with Crippen LogP contribution in [0.4, 0.5) is 4.79 Å². The zero-order chi connectivity index (χ0) is 8.69. The van der Waals surface area contributed by atoms with Gasteiger partial charge in [0.15, 0.2) is 0 Å². The molecule has 1 atom stereocenters. The molecule has 0 aliphatic rings. The van der Waals surface area contributed by atoms with Gasteiger partial charge in [0, 0.05) is 13.2 Å². The number of hydrazine groups is 1. The lowest BCUT2D eigenvalue weighted by molar-refractivity contribution is 0.146. The molecule has 0 spiro atoms. The van der Waals surface area contributed by atoms with Gasteiger partial charge in [-0.25, -0.2) is 10.2 Å². The van der Waals surface area contributed by atoms with E-state index in [0.29, 0.717) is 6.61 Å². The van der Waals surface area contributed by atoms with Crippen molar-refractivity contribution in [2.75, 3.05) is 20.8 Å². The van der Waals surface area contributed by atoms with Crippen LogP contribution < -0.4 is 10.9 Å². The molecule has 2 N–H and O–H groups in total. The van der Waals surface area contributed by atoms with Crippen LogP contribution >= 0.6 is 0 Å². The first-order valence-electron chi connectivity index (χ1n) is 3.29. The molecule has 1 unspecified atom stereocenters. The van der Waals surface area contributed by atoms with Gasteiger partial charge in [-0.3, -0.25) is 5.43 Å². The van der Waals surface area contributed by atoms with E-state index >= 15 is 0 Å². The van der Waals surface area contributed by atoms with Crippen molar-refractivity contribution in [2.45, 2.75) is 13.0 Å². The average molecular weight is 162 g/mol. The molecule has 0 aromatic carbocycles. The zero-order valence-electron chi connectivity index (χ0n) is 7.01. The minimum absolute atomic E-state index is 0.0686. The lowest BCUT2D eigenvalue weighted by atomic mass is 10.4. The highest BCUT2D eigenvalue weighted by atomic mass is 16.5. The van der Waals surface area contributed by atoms with Crippen molar-refractivity contribution >= 4 is 6.09 Å². The normalized spacial score (nSPS) is 12.3. The zero-order valence-corrected chi connectivity index (χ0v) is 7.01. The predicted molar refractivity (Wildman–Crippen MR) is 40.0 cm³/mol. The van der Waals surface area contributed by atoms with Crippen LogP contribution in [0.1, 0.15) is 6.92 Å². The molecule has 5 heteroatoms. The third kappa shape index (κ3) is 5.63. The van der Waals surface area contributed by atoms with Gasteiger partial charge in [-0.1, -0.05) is 0 Å². The van der Waals surface area contributed by atoms with Crippen molar-refractivity contribution in [1.82, 2.24) is 10.9 Å². The average Bonchev–Trinajstić information content (AvgIpc) is 2.01. The maximum Gasteiger partial charge on any atom is 0.421 e. The van der Waals surface area contributed by atoms with E-state index in [1.807, 2.05) is 6.92 Å². The number of nitrogens with one attached hydrogen (secondary N) is 2. The summed E-state index contributed by atoms with van der Waals surface area (Å²) in [5.74, 6) is 0. The summed E-state index contributed by atoms with van der Waals surface area (Å²) in [6.45, 7) is 2.41. The number of methoxy groups -OCH3 is 2. The SMILES string of the molecule is COCC(C)NNC(=O)OC. The second-order valence-electron chi connectivity index (χ2n) is 2.12. The third-order valence-electron chi connectivity index (χ3n) is 1.02. The molecule has 0 saturated carbocycles. The molecule has 0 fully saturated rings. The van der Waals surface area contributed by atoms with Gasteiger partial charge in [-0.15, -0.1) is 0 Å². The largest absolute Gasteiger partial charge is 0.452 e. The molecule has 0 bridgehead atoms. The number of rotatable bonds is 4. The molecule has 0 saturated heterocycles. The second-order valence-corrected chi connectivity index (χ2v) is 2.12. The molecule has 1 amide bonds. The highest BCUT2D eigenvalue weighted by Gasteiger charge is 2.01. The van der Waals surface area contributed by atoms with E-state index < -0.39 is 6.09 Å². The fourth-order valence-electron chi connectivity index (χ4n) is 0.525. The molecule has 0 rings (SSSR count). The summed E-state index contributed by atoms with van der Waals surface area (Å²) in [5.41, 5.74) is 5.01. The van der Waals surface area contributed by atoms with Crippen molar-refractivity contribution in [3.05, 3.63) is 0 Å². The van der Waals surface area contributed by atoms with Gasteiger partial charge in [0.25, 0.3) is 0 Å². The van der Waals surface area contributed by atoms with Crippen LogP contribution in [0.5, 0.6) is 0 Å². The van der Waals surface area contributed by atoms with E-state index in [1.54, 1.807) is 7.11 Å². The highest BCUT2D eigenvalue weighted by Crippen LogP contribution is 1.78.